The first-order chi connectivity index (χ1) is 17.8. The second kappa shape index (κ2) is 12.3. The molecule has 17 nitrogen and oxygen atoms in total. The number of hydrogen-bond donors (Lipinski definition) is 13. The minimum absolute atomic E-state index is 0.119. The molecular formula is C21H42N10O7. The average Bonchev–Trinajstić information content (AvgIpc) is 2.84. The van der Waals surface area contributed by atoms with E-state index in [9.17, 15) is 15.3 Å². The molecule has 17 heteroatoms. The van der Waals surface area contributed by atoms with Crippen LogP contribution in [0, 0.1) is 10.8 Å². The van der Waals surface area contributed by atoms with Crippen LogP contribution in [0.5, 0.6) is 0 Å². The van der Waals surface area contributed by atoms with Gasteiger partial charge < -0.3 is 73.6 Å². The SMILES string of the molecule is CN[C@@H]1[C@@H](O)[C@@H](O[C@@H]2[C@@H](O)[C@H](O[C@H]3OC(CN)=CC[C@H]3N)[C@@H](N)C(NC(=N)NC(=N)N)[C@H]2N)OC[C@]1(C)O. The summed E-state index contributed by atoms with van der Waals surface area (Å²) in [5.74, 6) is -0.403. The van der Waals surface area contributed by atoms with E-state index in [1.165, 1.54) is 6.92 Å². The summed E-state index contributed by atoms with van der Waals surface area (Å²) in [6.07, 6.45) is -5.35. The van der Waals surface area contributed by atoms with Crippen LogP contribution in [0.25, 0.3) is 0 Å². The zero-order valence-corrected chi connectivity index (χ0v) is 21.4. The number of nitrogens with two attached hydrogens (primary N) is 5. The van der Waals surface area contributed by atoms with Crippen LogP contribution in [0.1, 0.15) is 13.3 Å². The van der Waals surface area contributed by atoms with E-state index < -0.39 is 78.8 Å². The number of aliphatic hydroxyl groups is 3. The van der Waals surface area contributed by atoms with E-state index in [0.29, 0.717) is 12.2 Å². The van der Waals surface area contributed by atoms with Gasteiger partial charge in [0.05, 0.1) is 43.4 Å². The Balaban J connectivity index is 1.86. The summed E-state index contributed by atoms with van der Waals surface area (Å²) in [7, 11) is 1.57. The molecule has 18 N–H and O–H groups in total. The Labute approximate surface area is 220 Å². The standard InChI is InChI=1S/C21H42N10O7/c1-21(34)6-35-18(13(33)16(21)29-2)38-15-10(25)11(30-20(28)31-19(26)27)9(24)14(12(15)32)37-17-8(23)4-3-7(5-22)36-17/h3,8-18,29,32-34H,4-6,22-25H2,1-2H3,(H6,26,27,28,30,31)/t8-,9+,10-,11?,12+,13-,14-,15+,16-,17-,18-,21+/m1/s1. The van der Waals surface area contributed by atoms with E-state index in [4.69, 9.17) is 58.4 Å². The fourth-order valence-electron chi connectivity index (χ4n) is 4.98. The van der Waals surface area contributed by atoms with Crippen molar-refractivity contribution in [2.24, 2.45) is 28.7 Å². The molecule has 0 amide bonds. The molecule has 0 aromatic rings. The summed E-state index contributed by atoms with van der Waals surface area (Å²) in [6, 6.07) is -4.46. The number of aliphatic hydroxyl groups excluding tert-OH is 2. The van der Waals surface area contributed by atoms with Gasteiger partial charge in [0.15, 0.2) is 18.2 Å². The maximum atomic E-state index is 11.4. The van der Waals surface area contributed by atoms with Gasteiger partial charge in [0.2, 0.25) is 6.29 Å². The van der Waals surface area contributed by atoms with Crippen molar-refractivity contribution in [3.63, 3.8) is 0 Å². The molecule has 3 aliphatic rings. The summed E-state index contributed by atoms with van der Waals surface area (Å²) < 4.78 is 23.3. The van der Waals surface area contributed by atoms with Crippen LogP contribution < -0.4 is 44.6 Å². The highest BCUT2D eigenvalue weighted by atomic mass is 16.7. The average molecular weight is 547 g/mol. The molecule has 2 aliphatic heterocycles. The van der Waals surface area contributed by atoms with Crippen LogP contribution in [-0.4, -0.2) is 120 Å². The molecule has 218 valence electrons. The van der Waals surface area contributed by atoms with E-state index in [1.807, 2.05) is 0 Å². The molecule has 38 heavy (non-hydrogen) atoms. The van der Waals surface area contributed by atoms with Crippen LogP contribution in [0.2, 0.25) is 0 Å². The van der Waals surface area contributed by atoms with Crippen molar-refractivity contribution in [3.05, 3.63) is 11.8 Å². The Morgan fingerprint density at radius 1 is 1.13 bits per heavy atom. The molecule has 0 spiro atoms. The molecule has 0 aromatic heterocycles. The van der Waals surface area contributed by atoms with Gasteiger partial charge in [0.25, 0.3) is 0 Å². The number of likely N-dealkylation sites (N-methyl/N-ethyl adjacent to an activating group) is 1. The first kappa shape index (κ1) is 30.4. The number of ether oxygens (including phenoxy) is 4. The number of rotatable bonds is 7. The lowest BCUT2D eigenvalue weighted by atomic mass is 9.80. The summed E-state index contributed by atoms with van der Waals surface area (Å²) in [4.78, 5) is 0. The maximum Gasteiger partial charge on any atom is 0.215 e. The molecule has 1 unspecified atom stereocenters. The lowest BCUT2D eigenvalue weighted by Crippen LogP contribution is -2.76. The zero-order chi connectivity index (χ0) is 28.4. The molecule has 1 aliphatic carbocycles. The van der Waals surface area contributed by atoms with Crippen molar-refractivity contribution >= 4 is 11.9 Å². The lowest BCUT2D eigenvalue weighted by Gasteiger charge is -2.50. The van der Waals surface area contributed by atoms with E-state index in [2.05, 4.69) is 16.0 Å². The third kappa shape index (κ3) is 6.52. The molecule has 3 rings (SSSR count). The Hall–Kier alpha value is -2.16. The van der Waals surface area contributed by atoms with Crippen molar-refractivity contribution in [2.45, 2.75) is 86.2 Å². The molecule has 2 heterocycles. The Bertz CT molecular complexity index is 879. The summed E-state index contributed by atoms with van der Waals surface area (Å²) >= 11 is 0. The highest BCUT2D eigenvalue weighted by Gasteiger charge is 2.54. The lowest BCUT2D eigenvalue weighted by molar-refractivity contribution is -0.304. The van der Waals surface area contributed by atoms with Gasteiger partial charge in [0.1, 0.15) is 35.8 Å². The normalized spacial score (nSPS) is 43.5. The maximum absolute atomic E-state index is 11.4. The number of hydrogen-bond acceptors (Lipinski definition) is 14. The van der Waals surface area contributed by atoms with E-state index >= 15 is 0 Å². The van der Waals surface area contributed by atoms with Gasteiger partial charge in [-0.3, -0.25) is 16.1 Å². The Kier molecular flexibility index (Phi) is 9.87. The van der Waals surface area contributed by atoms with Crippen molar-refractivity contribution in [2.75, 3.05) is 20.2 Å². The highest BCUT2D eigenvalue weighted by molar-refractivity contribution is 5.95. The quantitative estimate of drug-likeness (QED) is 0.104. The zero-order valence-electron chi connectivity index (χ0n) is 21.4. The molecular weight excluding hydrogens is 504 g/mol. The van der Waals surface area contributed by atoms with Gasteiger partial charge in [0, 0.05) is 0 Å². The van der Waals surface area contributed by atoms with Crippen LogP contribution in [-0.2, 0) is 18.9 Å². The third-order valence-corrected chi connectivity index (χ3v) is 6.99. The van der Waals surface area contributed by atoms with Gasteiger partial charge in [-0.2, -0.15) is 0 Å². The van der Waals surface area contributed by atoms with Gasteiger partial charge in [-0.05, 0) is 26.5 Å². The fourth-order valence-corrected chi connectivity index (χ4v) is 4.98. The first-order valence-electron chi connectivity index (χ1n) is 12.3. The van der Waals surface area contributed by atoms with Crippen molar-refractivity contribution in [3.8, 4) is 0 Å². The number of guanidine groups is 2. The van der Waals surface area contributed by atoms with Gasteiger partial charge in [-0.25, -0.2) is 0 Å². The summed E-state index contributed by atoms with van der Waals surface area (Å²) in [5.41, 5.74) is 28.7. The first-order valence-corrected chi connectivity index (χ1v) is 12.3. The molecule has 0 bridgehead atoms. The summed E-state index contributed by atoms with van der Waals surface area (Å²) in [5, 5.41) is 56.1. The van der Waals surface area contributed by atoms with E-state index in [0.717, 1.165) is 0 Å². The molecule has 0 radical (unpaired) electrons. The second-order valence-corrected chi connectivity index (χ2v) is 9.98. The minimum atomic E-state index is -1.46. The predicted octanol–water partition coefficient (Wildman–Crippen LogP) is -5.87. The topological polar surface area (TPSA) is 312 Å². The van der Waals surface area contributed by atoms with Crippen LogP contribution >= 0.6 is 0 Å². The molecule has 12 atom stereocenters. The van der Waals surface area contributed by atoms with Crippen LogP contribution in [0.15, 0.2) is 11.8 Å². The van der Waals surface area contributed by atoms with Crippen LogP contribution in [0.4, 0.5) is 0 Å². The largest absolute Gasteiger partial charge is 0.467 e. The van der Waals surface area contributed by atoms with Gasteiger partial charge in [-0.1, -0.05) is 0 Å². The Morgan fingerprint density at radius 2 is 1.74 bits per heavy atom. The van der Waals surface area contributed by atoms with Crippen LogP contribution in [0.3, 0.4) is 0 Å². The third-order valence-electron chi connectivity index (χ3n) is 6.99. The van der Waals surface area contributed by atoms with E-state index in [1.54, 1.807) is 13.1 Å². The predicted molar refractivity (Wildman–Crippen MR) is 135 cm³/mol. The molecule has 0 aromatic carbocycles. The van der Waals surface area contributed by atoms with Gasteiger partial charge in [-0.15, -0.1) is 0 Å². The van der Waals surface area contributed by atoms with Gasteiger partial charge >= 0.3 is 0 Å². The molecule has 1 saturated carbocycles. The van der Waals surface area contributed by atoms with E-state index in [-0.39, 0.29) is 19.1 Å². The fraction of sp³-hybridized carbons (Fsp3) is 0.810. The monoisotopic (exact) mass is 546 g/mol. The van der Waals surface area contributed by atoms with Crippen molar-refractivity contribution in [1.82, 2.24) is 16.0 Å². The number of nitrogens with one attached hydrogen (secondary N) is 5. The summed E-state index contributed by atoms with van der Waals surface area (Å²) in [6.45, 7) is 1.45. The van der Waals surface area contributed by atoms with Crippen molar-refractivity contribution in [1.29, 1.82) is 10.8 Å². The van der Waals surface area contributed by atoms with Crippen molar-refractivity contribution < 1.29 is 34.3 Å². The molecule has 1 saturated heterocycles. The Morgan fingerprint density at radius 3 is 2.29 bits per heavy atom. The minimum Gasteiger partial charge on any atom is -0.467 e. The second-order valence-electron chi connectivity index (χ2n) is 9.98. The molecule has 2 fully saturated rings. The smallest absolute Gasteiger partial charge is 0.215 e. The highest BCUT2D eigenvalue weighted by Crippen LogP contribution is 2.31.